The molecule has 1 fully saturated rings. The lowest BCUT2D eigenvalue weighted by atomic mass is 10.0. The zero-order chi connectivity index (χ0) is 10.6. The van der Waals surface area contributed by atoms with Crippen LogP contribution in [0.2, 0.25) is 0 Å². The van der Waals surface area contributed by atoms with Gasteiger partial charge in [-0.15, -0.1) is 0 Å². The number of amidine groups is 1. The molecule has 4 heteroatoms. The quantitative estimate of drug-likeness (QED) is 0.261. The van der Waals surface area contributed by atoms with Gasteiger partial charge < -0.3 is 16.3 Å². The maximum Gasteiger partial charge on any atom is 0.156 e. The van der Waals surface area contributed by atoms with Crippen LogP contribution in [0, 0.1) is 5.41 Å². The molecule has 4 N–H and O–H groups in total. The summed E-state index contributed by atoms with van der Waals surface area (Å²) in [5.41, 5.74) is 6.06. The molecule has 0 heterocycles. The molecule has 1 aliphatic rings. The van der Waals surface area contributed by atoms with E-state index >= 15 is 0 Å². The Bertz CT molecular complexity index is 211. The summed E-state index contributed by atoms with van der Waals surface area (Å²) in [5, 5.41) is 15.0. The van der Waals surface area contributed by atoms with Crippen LogP contribution in [0.25, 0.3) is 0 Å². The van der Waals surface area contributed by atoms with Crippen LogP contribution in [-0.2, 0) is 0 Å². The minimum Gasteiger partial charge on any atom is -0.409 e. The third kappa shape index (κ3) is 2.61. The molecule has 1 aliphatic carbocycles. The van der Waals surface area contributed by atoms with Crippen molar-refractivity contribution < 1.29 is 5.21 Å². The maximum absolute atomic E-state index is 8.56. The first-order valence-corrected chi connectivity index (χ1v) is 5.38. The molecule has 0 spiro atoms. The normalized spacial score (nSPS) is 22.0. The molecule has 0 radical (unpaired) electrons. The molecule has 1 saturated carbocycles. The summed E-state index contributed by atoms with van der Waals surface area (Å²) in [6.07, 6.45) is 4.69. The summed E-state index contributed by atoms with van der Waals surface area (Å²) in [5.74, 6) is 0.291. The monoisotopic (exact) mass is 199 g/mol. The van der Waals surface area contributed by atoms with Gasteiger partial charge >= 0.3 is 0 Å². The summed E-state index contributed by atoms with van der Waals surface area (Å²) >= 11 is 0. The minimum absolute atomic E-state index is 0.0176. The van der Waals surface area contributed by atoms with E-state index in [1.807, 2.05) is 6.92 Å². The number of nitrogens with zero attached hydrogens (tertiary/aromatic N) is 1. The summed E-state index contributed by atoms with van der Waals surface area (Å²) in [7, 11) is 0. The molecule has 4 nitrogen and oxygen atoms in total. The molecule has 0 saturated heterocycles. The zero-order valence-electron chi connectivity index (χ0n) is 9.08. The highest BCUT2D eigenvalue weighted by Gasteiger charge is 2.40. The van der Waals surface area contributed by atoms with Crippen molar-refractivity contribution in [2.45, 2.75) is 45.6 Å². The molecule has 1 unspecified atom stereocenters. The second-order valence-corrected chi connectivity index (χ2v) is 4.22. The van der Waals surface area contributed by atoms with Crippen LogP contribution in [0.15, 0.2) is 5.16 Å². The molecule has 0 aromatic heterocycles. The lowest BCUT2D eigenvalue weighted by Crippen LogP contribution is -2.43. The van der Waals surface area contributed by atoms with Crippen molar-refractivity contribution in [3.05, 3.63) is 0 Å². The highest BCUT2D eigenvalue weighted by molar-refractivity contribution is 5.85. The summed E-state index contributed by atoms with van der Waals surface area (Å²) in [4.78, 5) is 0. The zero-order valence-corrected chi connectivity index (χ0v) is 9.08. The highest BCUT2D eigenvalue weighted by Crippen LogP contribution is 2.47. The van der Waals surface area contributed by atoms with Gasteiger partial charge in [-0.1, -0.05) is 19.0 Å². The van der Waals surface area contributed by atoms with Gasteiger partial charge in [0.2, 0.25) is 0 Å². The second kappa shape index (κ2) is 4.64. The number of rotatable bonds is 6. The van der Waals surface area contributed by atoms with E-state index in [0.717, 1.165) is 13.0 Å². The first-order chi connectivity index (χ1) is 6.67. The Kier molecular flexibility index (Phi) is 3.75. The van der Waals surface area contributed by atoms with Gasteiger partial charge in [0, 0.05) is 6.54 Å². The number of oxime groups is 1. The van der Waals surface area contributed by atoms with Crippen molar-refractivity contribution in [2.75, 3.05) is 6.54 Å². The Balaban J connectivity index is 2.34. The van der Waals surface area contributed by atoms with Crippen LogP contribution in [0.1, 0.15) is 39.5 Å². The van der Waals surface area contributed by atoms with Gasteiger partial charge in [0.15, 0.2) is 5.84 Å². The topological polar surface area (TPSA) is 70.6 Å². The molecular weight excluding hydrogens is 178 g/mol. The number of nitrogens with one attached hydrogen (secondary N) is 1. The predicted octanol–water partition coefficient (Wildman–Crippen LogP) is 1.29. The van der Waals surface area contributed by atoms with E-state index < -0.39 is 0 Å². The molecule has 14 heavy (non-hydrogen) atoms. The fraction of sp³-hybridized carbons (Fsp3) is 0.900. The Labute approximate surface area is 85.6 Å². The first-order valence-electron chi connectivity index (χ1n) is 5.38. The van der Waals surface area contributed by atoms with E-state index in [4.69, 9.17) is 10.9 Å². The predicted molar refractivity (Wildman–Crippen MR) is 57.4 cm³/mol. The Morgan fingerprint density at radius 1 is 1.57 bits per heavy atom. The maximum atomic E-state index is 8.56. The average Bonchev–Trinajstić information content (AvgIpc) is 2.99. The molecule has 0 aromatic carbocycles. The fourth-order valence-corrected chi connectivity index (χ4v) is 1.70. The van der Waals surface area contributed by atoms with Crippen molar-refractivity contribution in [1.82, 2.24) is 5.32 Å². The molecule has 0 bridgehead atoms. The largest absolute Gasteiger partial charge is 0.409 e. The van der Waals surface area contributed by atoms with E-state index in [-0.39, 0.29) is 6.04 Å². The average molecular weight is 199 g/mol. The van der Waals surface area contributed by atoms with Gasteiger partial charge in [-0.25, -0.2) is 0 Å². The van der Waals surface area contributed by atoms with Crippen LogP contribution in [0.4, 0.5) is 0 Å². The molecule has 0 aromatic rings. The van der Waals surface area contributed by atoms with Crippen LogP contribution in [-0.4, -0.2) is 23.6 Å². The van der Waals surface area contributed by atoms with E-state index in [1.54, 1.807) is 0 Å². The van der Waals surface area contributed by atoms with E-state index in [1.165, 1.54) is 19.3 Å². The van der Waals surface area contributed by atoms with Gasteiger partial charge in [-0.05, 0) is 31.1 Å². The molecule has 1 rings (SSSR count). The fourth-order valence-electron chi connectivity index (χ4n) is 1.70. The lowest BCUT2D eigenvalue weighted by Gasteiger charge is -2.19. The van der Waals surface area contributed by atoms with Crippen LogP contribution >= 0.6 is 0 Å². The van der Waals surface area contributed by atoms with Crippen molar-refractivity contribution in [1.29, 1.82) is 0 Å². The highest BCUT2D eigenvalue weighted by atomic mass is 16.4. The van der Waals surface area contributed by atoms with Crippen LogP contribution in [0.5, 0.6) is 0 Å². The number of hydrogen-bond donors (Lipinski definition) is 3. The molecule has 0 amide bonds. The third-order valence-corrected chi connectivity index (χ3v) is 3.31. The number of nitrogens with two attached hydrogens (primary N) is 1. The molecule has 1 atom stereocenters. The minimum atomic E-state index is 0.0176. The van der Waals surface area contributed by atoms with Crippen molar-refractivity contribution in [3.8, 4) is 0 Å². The van der Waals surface area contributed by atoms with Crippen LogP contribution < -0.4 is 11.1 Å². The summed E-state index contributed by atoms with van der Waals surface area (Å²) in [6, 6.07) is 0.0176. The van der Waals surface area contributed by atoms with Gasteiger partial charge in [-0.2, -0.15) is 0 Å². The third-order valence-electron chi connectivity index (χ3n) is 3.31. The Hall–Kier alpha value is -0.770. The van der Waals surface area contributed by atoms with Crippen molar-refractivity contribution in [2.24, 2.45) is 16.3 Å². The van der Waals surface area contributed by atoms with Gasteiger partial charge in [0.1, 0.15) is 0 Å². The van der Waals surface area contributed by atoms with Gasteiger partial charge in [-0.3, -0.25) is 0 Å². The van der Waals surface area contributed by atoms with Gasteiger partial charge in [0.25, 0.3) is 0 Å². The Morgan fingerprint density at radius 2 is 2.21 bits per heavy atom. The van der Waals surface area contributed by atoms with E-state index in [9.17, 15) is 0 Å². The van der Waals surface area contributed by atoms with E-state index in [0.29, 0.717) is 11.3 Å². The standard InChI is InChI=1S/C10H21N3O/c1-3-8(9(11)13-14)12-7-10(4-2)5-6-10/h8,12,14H,3-7H2,1-2H3,(H2,11,13). The SMILES string of the molecule is CCC(NCC1(CC)CC1)C(N)=NO. The van der Waals surface area contributed by atoms with Crippen LogP contribution in [0.3, 0.4) is 0 Å². The summed E-state index contributed by atoms with van der Waals surface area (Å²) in [6.45, 7) is 5.23. The molecule has 0 aliphatic heterocycles. The van der Waals surface area contributed by atoms with Gasteiger partial charge in [0.05, 0.1) is 6.04 Å². The smallest absolute Gasteiger partial charge is 0.156 e. The Morgan fingerprint density at radius 3 is 2.57 bits per heavy atom. The summed E-state index contributed by atoms with van der Waals surface area (Å²) < 4.78 is 0. The lowest BCUT2D eigenvalue weighted by molar-refractivity contribution is 0.313. The van der Waals surface area contributed by atoms with Crippen molar-refractivity contribution in [3.63, 3.8) is 0 Å². The van der Waals surface area contributed by atoms with Crippen molar-refractivity contribution >= 4 is 5.84 Å². The molecule has 82 valence electrons. The molecular formula is C10H21N3O. The second-order valence-electron chi connectivity index (χ2n) is 4.22. The first kappa shape index (κ1) is 11.3. The number of hydrogen-bond acceptors (Lipinski definition) is 3. The van der Waals surface area contributed by atoms with E-state index in [2.05, 4.69) is 17.4 Å².